The number of aromatic nitrogens is 1. The quantitative estimate of drug-likeness (QED) is 0.762. The van der Waals surface area contributed by atoms with Crippen molar-refractivity contribution in [3.8, 4) is 5.88 Å². The molecule has 0 bridgehead atoms. The molecule has 0 radical (unpaired) electrons. The van der Waals surface area contributed by atoms with E-state index in [2.05, 4.69) is 24.1 Å². The van der Waals surface area contributed by atoms with E-state index in [1.54, 1.807) is 13.3 Å². The van der Waals surface area contributed by atoms with E-state index in [0.29, 0.717) is 18.3 Å². The van der Waals surface area contributed by atoms with Gasteiger partial charge in [-0.25, -0.2) is 4.98 Å². The second-order valence-electron chi connectivity index (χ2n) is 4.09. The first-order valence-corrected chi connectivity index (χ1v) is 5.51. The molecule has 1 unspecified atom stereocenters. The Balaban J connectivity index is 2.59. The summed E-state index contributed by atoms with van der Waals surface area (Å²) in [6.45, 7) is 4.95. The highest BCUT2D eigenvalue weighted by atomic mass is 16.5. The van der Waals surface area contributed by atoms with Gasteiger partial charge in [-0.15, -0.1) is 0 Å². The summed E-state index contributed by atoms with van der Waals surface area (Å²) in [5, 5.41) is 12.5. The van der Waals surface area contributed by atoms with Crippen LogP contribution >= 0.6 is 0 Å². The third-order valence-electron chi connectivity index (χ3n) is 2.60. The van der Waals surface area contributed by atoms with Crippen LogP contribution in [0.5, 0.6) is 5.88 Å². The van der Waals surface area contributed by atoms with E-state index >= 15 is 0 Å². The number of hydrogen-bond donors (Lipinski definition) is 2. The van der Waals surface area contributed by atoms with Crippen molar-refractivity contribution in [3.05, 3.63) is 23.9 Å². The Kier molecular flexibility index (Phi) is 5.22. The zero-order chi connectivity index (χ0) is 12.0. The third-order valence-corrected chi connectivity index (χ3v) is 2.60. The molecule has 0 aromatic carbocycles. The topological polar surface area (TPSA) is 54.4 Å². The van der Waals surface area contributed by atoms with Crippen LogP contribution in [0.1, 0.15) is 19.4 Å². The summed E-state index contributed by atoms with van der Waals surface area (Å²) in [6, 6.07) is 3.95. The lowest BCUT2D eigenvalue weighted by atomic mass is 10.1. The van der Waals surface area contributed by atoms with Crippen molar-refractivity contribution in [1.82, 2.24) is 10.3 Å². The lowest BCUT2D eigenvalue weighted by Crippen LogP contribution is -2.36. The Morgan fingerprint density at radius 3 is 2.81 bits per heavy atom. The number of hydrogen-bond acceptors (Lipinski definition) is 4. The maximum atomic E-state index is 9.19. The van der Waals surface area contributed by atoms with Gasteiger partial charge < -0.3 is 15.2 Å². The van der Waals surface area contributed by atoms with Crippen molar-refractivity contribution < 1.29 is 9.84 Å². The largest absolute Gasteiger partial charge is 0.481 e. The van der Waals surface area contributed by atoms with E-state index in [-0.39, 0.29) is 12.6 Å². The summed E-state index contributed by atoms with van der Waals surface area (Å²) >= 11 is 0. The molecule has 90 valence electrons. The van der Waals surface area contributed by atoms with Crippen molar-refractivity contribution in [3.63, 3.8) is 0 Å². The minimum Gasteiger partial charge on any atom is -0.481 e. The Bertz CT molecular complexity index is 316. The van der Waals surface area contributed by atoms with E-state index in [0.717, 1.165) is 5.56 Å². The highest BCUT2D eigenvalue weighted by Crippen LogP contribution is 2.13. The van der Waals surface area contributed by atoms with Crippen molar-refractivity contribution >= 4 is 0 Å². The van der Waals surface area contributed by atoms with Gasteiger partial charge in [-0.1, -0.05) is 19.9 Å². The van der Waals surface area contributed by atoms with Gasteiger partial charge in [0.05, 0.1) is 13.7 Å². The molecule has 16 heavy (non-hydrogen) atoms. The van der Waals surface area contributed by atoms with Gasteiger partial charge in [0.15, 0.2) is 0 Å². The summed E-state index contributed by atoms with van der Waals surface area (Å²) < 4.78 is 5.16. The van der Waals surface area contributed by atoms with Gasteiger partial charge in [0, 0.05) is 24.3 Å². The van der Waals surface area contributed by atoms with E-state index in [1.807, 2.05) is 12.1 Å². The smallest absolute Gasteiger partial charge is 0.217 e. The first-order chi connectivity index (χ1) is 7.69. The molecule has 0 saturated heterocycles. The van der Waals surface area contributed by atoms with Gasteiger partial charge in [-0.2, -0.15) is 0 Å². The molecule has 0 amide bonds. The number of methoxy groups -OCH3 is 1. The van der Waals surface area contributed by atoms with E-state index < -0.39 is 0 Å². The predicted molar refractivity (Wildman–Crippen MR) is 63.3 cm³/mol. The first kappa shape index (κ1) is 12.9. The molecule has 1 heterocycles. The minimum absolute atomic E-state index is 0.102. The van der Waals surface area contributed by atoms with Crippen LogP contribution in [0.25, 0.3) is 0 Å². The summed E-state index contributed by atoms with van der Waals surface area (Å²) in [5.74, 6) is 1.03. The maximum Gasteiger partial charge on any atom is 0.217 e. The Morgan fingerprint density at radius 2 is 2.25 bits per heavy atom. The van der Waals surface area contributed by atoms with Crippen molar-refractivity contribution in [2.24, 2.45) is 5.92 Å². The van der Waals surface area contributed by atoms with Crippen LogP contribution in [0.2, 0.25) is 0 Å². The molecule has 0 saturated carbocycles. The van der Waals surface area contributed by atoms with Crippen LogP contribution in [0.15, 0.2) is 18.3 Å². The summed E-state index contributed by atoms with van der Waals surface area (Å²) in [4.78, 5) is 4.12. The van der Waals surface area contributed by atoms with Crippen LogP contribution in [0.3, 0.4) is 0 Å². The summed E-state index contributed by atoms with van der Waals surface area (Å²) in [7, 11) is 1.61. The Labute approximate surface area is 96.7 Å². The fourth-order valence-electron chi connectivity index (χ4n) is 1.49. The summed E-state index contributed by atoms with van der Waals surface area (Å²) in [5.41, 5.74) is 1.00. The van der Waals surface area contributed by atoms with E-state index in [9.17, 15) is 5.11 Å². The molecule has 0 aliphatic heterocycles. The second-order valence-corrected chi connectivity index (χ2v) is 4.09. The molecule has 0 spiro atoms. The van der Waals surface area contributed by atoms with E-state index in [4.69, 9.17) is 4.74 Å². The number of rotatable bonds is 6. The highest BCUT2D eigenvalue weighted by molar-refractivity contribution is 5.25. The van der Waals surface area contributed by atoms with Crippen LogP contribution < -0.4 is 10.1 Å². The molecule has 1 atom stereocenters. The first-order valence-electron chi connectivity index (χ1n) is 5.51. The molecule has 1 aromatic heterocycles. The zero-order valence-electron chi connectivity index (χ0n) is 10.1. The average Bonchev–Trinajstić information content (AvgIpc) is 2.30. The number of nitrogens with zero attached hydrogens (tertiary/aromatic N) is 1. The maximum absolute atomic E-state index is 9.19. The van der Waals surface area contributed by atoms with Crippen molar-refractivity contribution in [2.75, 3.05) is 13.7 Å². The monoisotopic (exact) mass is 224 g/mol. The number of aliphatic hydroxyl groups excluding tert-OH is 1. The van der Waals surface area contributed by atoms with Gasteiger partial charge in [0.2, 0.25) is 5.88 Å². The van der Waals surface area contributed by atoms with Crippen molar-refractivity contribution in [1.29, 1.82) is 0 Å². The molecule has 4 nitrogen and oxygen atoms in total. The molecule has 2 N–H and O–H groups in total. The van der Waals surface area contributed by atoms with Crippen LogP contribution in [0.4, 0.5) is 0 Å². The number of aliphatic hydroxyl groups is 1. The molecule has 1 rings (SSSR count). The van der Waals surface area contributed by atoms with Gasteiger partial charge in [0.25, 0.3) is 0 Å². The molecule has 0 aliphatic carbocycles. The minimum atomic E-state index is 0.102. The molecule has 4 heteroatoms. The molecule has 0 fully saturated rings. The van der Waals surface area contributed by atoms with E-state index in [1.165, 1.54) is 0 Å². The SMILES string of the molecule is COc1ncccc1CNC(CO)C(C)C. The molecule has 1 aromatic rings. The molecular formula is C12H20N2O2. The zero-order valence-corrected chi connectivity index (χ0v) is 10.1. The second kappa shape index (κ2) is 6.45. The van der Waals surface area contributed by atoms with Gasteiger partial charge in [0.1, 0.15) is 0 Å². The summed E-state index contributed by atoms with van der Waals surface area (Å²) in [6.07, 6.45) is 1.70. The fraction of sp³-hybridized carbons (Fsp3) is 0.583. The average molecular weight is 224 g/mol. The third kappa shape index (κ3) is 3.47. The van der Waals surface area contributed by atoms with Gasteiger partial charge in [-0.05, 0) is 12.0 Å². The standard InChI is InChI=1S/C12H20N2O2/c1-9(2)11(8-15)14-7-10-5-4-6-13-12(10)16-3/h4-6,9,11,14-15H,7-8H2,1-3H3. The fourth-order valence-corrected chi connectivity index (χ4v) is 1.49. The highest BCUT2D eigenvalue weighted by Gasteiger charge is 2.12. The number of ether oxygens (including phenoxy) is 1. The normalized spacial score (nSPS) is 12.8. The lowest BCUT2D eigenvalue weighted by molar-refractivity contribution is 0.209. The lowest BCUT2D eigenvalue weighted by Gasteiger charge is -2.20. The molecular weight excluding hydrogens is 204 g/mol. The number of nitrogens with one attached hydrogen (secondary N) is 1. The predicted octanol–water partition coefficient (Wildman–Crippen LogP) is 1.20. The van der Waals surface area contributed by atoms with Crippen molar-refractivity contribution in [2.45, 2.75) is 26.4 Å². The Hall–Kier alpha value is -1.13. The van der Waals surface area contributed by atoms with Gasteiger partial charge >= 0.3 is 0 Å². The van der Waals surface area contributed by atoms with Crippen LogP contribution in [0, 0.1) is 5.92 Å². The van der Waals surface area contributed by atoms with Crippen LogP contribution in [-0.2, 0) is 6.54 Å². The Morgan fingerprint density at radius 1 is 1.50 bits per heavy atom. The number of pyridine rings is 1. The van der Waals surface area contributed by atoms with Crippen LogP contribution in [-0.4, -0.2) is 29.8 Å². The molecule has 0 aliphatic rings. The van der Waals surface area contributed by atoms with Gasteiger partial charge in [-0.3, -0.25) is 0 Å².